The van der Waals surface area contributed by atoms with E-state index in [1.54, 1.807) is 47.4 Å². The molecule has 6 heteroatoms. The van der Waals surface area contributed by atoms with Crippen LogP contribution in [-0.4, -0.2) is 22.2 Å². The third kappa shape index (κ3) is 8.55. The van der Waals surface area contributed by atoms with E-state index in [4.69, 9.17) is 0 Å². The van der Waals surface area contributed by atoms with Gasteiger partial charge in [-0.25, -0.2) is 9.59 Å². The van der Waals surface area contributed by atoms with E-state index in [1.165, 1.54) is 11.1 Å². The summed E-state index contributed by atoms with van der Waals surface area (Å²) < 4.78 is 0. The van der Waals surface area contributed by atoms with Gasteiger partial charge in [-0.2, -0.15) is 0 Å². The monoisotopic (exact) mass is 715 g/mol. The molecule has 7 rings (SSSR count). The molecular weight excluding hydrogens is 681 g/mol. The van der Waals surface area contributed by atoms with Crippen LogP contribution in [0.1, 0.15) is 56.7 Å². The Morgan fingerprint density at radius 3 is 1.67 bits per heavy atom. The summed E-state index contributed by atoms with van der Waals surface area (Å²) in [6.07, 6.45) is 18.5. The Balaban J connectivity index is 1.18. The first-order valence-corrected chi connectivity index (χ1v) is 18.7. The van der Waals surface area contributed by atoms with E-state index in [9.17, 15) is 19.8 Å². The maximum absolute atomic E-state index is 11.4. The van der Waals surface area contributed by atoms with Crippen LogP contribution in [0.15, 0.2) is 175 Å². The fourth-order valence-corrected chi connectivity index (χ4v) is 8.38. The zero-order chi connectivity index (χ0) is 35.9. The van der Waals surface area contributed by atoms with E-state index in [0.29, 0.717) is 0 Å². The van der Waals surface area contributed by atoms with Crippen molar-refractivity contribution < 1.29 is 19.8 Å². The molecule has 0 amide bonds. The third-order valence-corrected chi connectivity index (χ3v) is 11.2. The maximum atomic E-state index is 11.4. The molecule has 0 spiro atoms. The predicted octanol–water partition coefficient (Wildman–Crippen LogP) is 12.6. The van der Waals surface area contributed by atoms with Crippen molar-refractivity contribution in [3.63, 3.8) is 0 Å². The molecule has 0 atom stereocenters. The second kappa shape index (κ2) is 16.0. The fraction of sp³-hybridized carbons (Fsp3) is 0.0652. The molecule has 0 saturated carbocycles. The lowest BCUT2D eigenvalue weighted by molar-refractivity contribution is 0.0686. The Hall–Kier alpha value is -5.82. The van der Waals surface area contributed by atoms with Gasteiger partial charge in [0.1, 0.15) is 0 Å². The smallest absolute Gasteiger partial charge is 0.335 e. The molecule has 1 aromatic heterocycles. The molecule has 0 bridgehead atoms. The molecule has 254 valence electrons. The standard InChI is InChI=1S/C46H34O4S2/c47-45(48)39-22-18-37(19-23-39)43-29-33(27-41(51-43)35-10-3-1-4-11-35)16-14-31-8-7-9-32(26-31)15-17-34-28-42(36-12-5-2-6-13-36)52-44(30-34)38-20-24-40(25-21-38)46(49)50/h1-6,10-30H,7-9H2,(H-,47,48,49,50)/p+1. The molecule has 0 saturated heterocycles. The molecule has 4 nitrogen and oxygen atoms in total. The van der Waals surface area contributed by atoms with Gasteiger partial charge in [-0.15, -0.1) is 0 Å². The molecule has 0 fully saturated rings. The van der Waals surface area contributed by atoms with E-state index in [1.807, 2.05) is 60.7 Å². The topological polar surface area (TPSA) is 74.6 Å². The van der Waals surface area contributed by atoms with Gasteiger partial charge in [0.25, 0.3) is 0 Å². The number of benzene rings is 4. The number of hydrogen-bond acceptors (Lipinski definition) is 3. The van der Waals surface area contributed by atoms with E-state index in [0.717, 1.165) is 72.2 Å². The van der Waals surface area contributed by atoms with Crippen molar-refractivity contribution in [3.8, 4) is 20.9 Å². The van der Waals surface area contributed by atoms with Crippen LogP contribution in [0.5, 0.6) is 0 Å². The van der Waals surface area contributed by atoms with E-state index in [2.05, 4.69) is 78.9 Å². The molecule has 0 unspecified atom stereocenters. The van der Waals surface area contributed by atoms with Crippen LogP contribution in [0.2, 0.25) is 0 Å². The van der Waals surface area contributed by atoms with Gasteiger partial charge in [-0.1, -0.05) is 103 Å². The van der Waals surface area contributed by atoms with Crippen LogP contribution in [0.3, 0.4) is 0 Å². The lowest BCUT2D eigenvalue weighted by Gasteiger charge is -2.17. The number of thioether (sulfide) groups is 1. The average Bonchev–Trinajstić information content (AvgIpc) is 3.20. The fourth-order valence-electron chi connectivity index (χ4n) is 6.11. The minimum Gasteiger partial charge on any atom is -0.478 e. The molecule has 5 aromatic rings. The number of carboxylic acids is 2. The van der Waals surface area contributed by atoms with Crippen LogP contribution in [-0.2, 0) is 0 Å². The minimum atomic E-state index is -0.931. The van der Waals surface area contributed by atoms with Gasteiger partial charge >= 0.3 is 11.9 Å². The summed E-state index contributed by atoms with van der Waals surface area (Å²) in [5, 5.41) is 18.8. The largest absolute Gasteiger partial charge is 0.478 e. The summed E-state index contributed by atoms with van der Waals surface area (Å²) in [6, 6.07) is 39.2. The average molecular weight is 716 g/mol. The lowest BCUT2D eigenvalue weighted by Crippen LogP contribution is -1.96. The highest BCUT2D eigenvalue weighted by Crippen LogP contribution is 2.44. The molecular formula is C46H35O4S2+. The van der Waals surface area contributed by atoms with Gasteiger partial charge < -0.3 is 10.2 Å². The second-order valence-electron chi connectivity index (χ2n) is 12.5. The zero-order valence-corrected chi connectivity index (χ0v) is 29.9. The Morgan fingerprint density at radius 2 is 1.10 bits per heavy atom. The van der Waals surface area contributed by atoms with E-state index < -0.39 is 11.9 Å². The summed E-state index contributed by atoms with van der Waals surface area (Å²) in [6.45, 7) is 0. The first kappa shape index (κ1) is 34.6. The first-order valence-electron chi connectivity index (χ1n) is 17.1. The predicted molar refractivity (Wildman–Crippen MR) is 217 cm³/mol. The first-order chi connectivity index (χ1) is 25.4. The van der Waals surface area contributed by atoms with Crippen molar-refractivity contribution in [2.75, 3.05) is 0 Å². The normalized spacial score (nSPS) is 16.0. The van der Waals surface area contributed by atoms with Crippen molar-refractivity contribution in [1.29, 1.82) is 0 Å². The van der Waals surface area contributed by atoms with Gasteiger partial charge in [-0.3, -0.25) is 0 Å². The Morgan fingerprint density at radius 1 is 0.577 bits per heavy atom. The molecule has 2 N–H and O–H groups in total. The Labute approximate surface area is 311 Å². The quantitative estimate of drug-likeness (QED) is 0.149. The van der Waals surface area contributed by atoms with Gasteiger partial charge in [0, 0.05) is 33.1 Å². The molecule has 2 heterocycles. The molecule has 1 aliphatic heterocycles. The van der Waals surface area contributed by atoms with Crippen LogP contribution in [0.4, 0.5) is 0 Å². The second-order valence-corrected chi connectivity index (χ2v) is 14.7. The van der Waals surface area contributed by atoms with E-state index >= 15 is 0 Å². The van der Waals surface area contributed by atoms with Gasteiger partial charge in [0.15, 0.2) is 0 Å². The van der Waals surface area contributed by atoms with Crippen molar-refractivity contribution in [1.82, 2.24) is 0 Å². The Bertz CT molecular complexity index is 2310. The summed E-state index contributed by atoms with van der Waals surface area (Å²) in [5.74, 6) is -1.86. The highest BCUT2D eigenvalue weighted by atomic mass is 32.2. The summed E-state index contributed by atoms with van der Waals surface area (Å²) in [7, 11) is 0. The van der Waals surface area contributed by atoms with Crippen LogP contribution in [0.25, 0.3) is 36.8 Å². The van der Waals surface area contributed by atoms with Crippen LogP contribution >= 0.6 is 23.1 Å². The molecule has 52 heavy (non-hydrogen) atoms. The lowest BCUT2D eigenvalue weighted by atomic mass is 9.94. The number of carboxylic acid groups (broad SMARTS) is 2. The molecule has 4 aromatic carbocycles. The van der Waals surface area contributed by atoms with E-state index in [-0.39, 0.29) is 11.1 Å². The van der Waals surface area contributed by atoms with Crippen molar-refractivity contribution in [2.24, 2.45) is 0 Å². The van der Waals surface area contributed by atoms with Crippen molar-refractivity contribution >= 4 is 50.9 Å². The number of hydrogen-bond donors (Lipinski definition) is 2. The van der Waals surface area contributed by atoms with Gasteiger partial charge in [-0.05, 0) is 113 Å². The molecule has 0 radical (unpaired) electrons. The van der Waals surface area contributed by atoms with Gasteiger partial charge in [0.05, 0.1) is 11.1 Å². The molecule has 1 aliphatic carbocycles. The maximum Gasteiger partial charge on any atom is 0.335 e. The SMILES string of the molecule is O=C(O)c1ccc(C2=C/C(=C/C=C3C=C(/C=C/c4cc(-c5ccccc5)[s+]c(-c5ccc(C(=O)O)cc5)c4)CCC/3)C=C(c3ccccc3)S2)cc1. The summed E-state index contributed by atoms with van der Waals surface area (Å²) >= 11 is 3.38. The number of rotatable bonds is 9. The number of carbonyl (C=O) groups is 2. The zero-order valence-electron chi connectivity index (χ0n) is 28.2. The molecule has 2 aliphatic rings. The number of aromatic carboxylic acids is 2. The van der Waals surface area contributed by atoms with Crippen LogP contribution < -0.4 is 0 Å². The highest BCUT2D eigenvalue weighted by Gasteiger charge is 2.19. The number of allylic oxidation sites excluding steroid dienone is 9. The third-order valence-electron chi connectivity index (χ3n) is 8.86. The Kier molecular flexibility index (Phi) is 10.7. The van der Waals surface area contributed by atoms with Crippen molar-refractivity contribution in [2.45, 2.75) is 19.3 Å². The minimum absolute atomic E-state index is 0.274. The summed E-state index contributed by atoms with van der Waals surface area (Å²) in [4.78, 5) is 27.3. The summed E-state index contributed by atoms with van der Waals surface area (Å²) in [5.41, 5.74) is 9.50. The van der Waals surface area contributed by atoms with Crippen molar-refractivity contribution in [3.05, 3.63) is 202 Å². The highest BCUT2D eigenvalue weighted by molar-refractivity contribution is 8.16. The van der Waals surface area contributed by atoms with Crippen LogP contribution in [0, 0.1) is 0 Å². The van der Waals surface area contributed by atoms with Gasteiger partial charge in [0.2, 0.25) is 21.1 Å².